The molecule has 0 aromatic heterocycles. The summed E-state index contributed by atoms with van der Waals surface area (Å²) in [5.74, 6) is -3.13. The van der Waals surface area contributed by atoms with E-state index in [1.54, 1.807) is 0 Å². The molecule has 0 bridgehead atoms. The Labute approximate surface area is 138 Å². The van der Waals surface area contributed by atoms with Gasteiger partial charge in [-0.3, -0.25) is 14.4 Å². The number of hydrogen-bond acceptors (Lipinski definition) is 7. The molecule has 0 heterocycles. The molecular formula is C12H27N5O7. The Hall–Kier alpha value is -2.44. The molecule has 2 amide bonds. The third-order valence-electron chi connectivity index (χ3n) is 2.27. The maximum Gasteiger partial charge on any atom is 0.320 e. The minimum absolute atomic E-state index is 0.0231. The van der Waals surface area contributed by atoms with E-state index in [-0.39, 0.29) is 12.8 Å². The highest BCUT2D eigenvalue weighted by atomic mass is 16.4. The average molecular weight is 353 g/mol. The number of carbonyl (C=O) groups excluding carboxylic acids is 1. The van der Waals surface area contributed by atoms with Crippen LogP contribution in [0.25, 0.3) is 0 Å². The summed E-state index contributed by atoms with van der Waals surface area (Å²) in [6, 6.07) is -2.61. The summed E-state index contributed by atoms with van der Waals surface area (Å²) in [6.45, 7) is 0.604. The highest BCUT2D eigenvalue weighted by Crippen LogP contribution is 1.97. The van der Waals surface area contributed by atoms with Gasteiger partial charge in [0.1, 0.15) is 12.1 Å². The van der Waals surface area contributed by atoms with Crippen molar-refractivity contribution in [2.24, 2.45) is 28.7 Å². The van der Waals surface area contributed by atoms with E-state index < -0.39 is 36.0 Å². The molecule has 0 saturated heterocycles. The van der Waals surface area contributed by atoms with Crippen LogP contribution in [0.2, 0.25) is 0 Å². The van der Waals surface area contributed by atoms with Crippen LogP contribution in [0.4, 0.5) is 4.79 Å². The molecule has 0 rings (SSSR count). The van der Waals surface area contributed by atoms with Crippen molar-refractivity contribution in [2.75, 3.05) is 6.54 Å². The van der Waals surface area contributed by atoms with Crippen LogP contribution in [0, 0.1) is 0 Å². The van der Waals surface area contributed by atoms with Gasteiger partial charge in [-0.2, -0.15) is 0 Å². The molecule has 0 radical (unpaired) electrons. The van der Waals surface area contributed by atoms with Crippen molar-refractivity contribution in [1.82, 2.24) is 0 Å². The summed E-state index contributed by atoms with van der Waals surface area (Å²) < 4.78 is 0. The fourth-order valence-electron chi connectivity index (χ4n) is 1.03. The van der Waals surface area contributed by atoms with Gasteiger partial charge in [0, 0.05) is 6.42 Å². The number of carboxylic acids is 3. The minimum atomic E-state index is -1.17. The molecule has 2 unspecified atom stereocenters. The Bertz CT molecular complexity index is 388. The Morgan fingerprint density at radius 1 is 0.792 bits per heavy atom. The van der Waals surface area contributed by atoms with Crippen molar-refractivity contribution in [3.05, 3.63) is 0 Å². The van der Waals surface area contributed by atoms with Crippen LogP contribution in [-0.2, 0) is 14.4 Å². The zero-order chi connectivity index (χ0) is 19.7. The van der Waals surface area contributed by atoms with E-state index in [4.69, 9.17) is 37.3 Å². The van der Waals surface area contributed by atoms with Crippen LogP contribution in [0.5, 0.6) is 0 Å². The van der Waals surface area contributed by atoms with E-state index in [2.05, 4.69) is 11.5 Å². The van der Waals surface area contributed by atoms with Crippen molar-refractivity contribution in [1.29, 1.82) is 0 Å². The lowest BCUT2D eigenvalue weighted by Gasteiger charge is -2.03. The van der Waals surface area contributed by atoms with Crippen LogP contribution >= 0.6 is 0 Å². The van der Waals surface area contributed by atoms with Gasteiger partial charge < -0.3 is 44.0 Å². The monoisotopic (exact) mass is 353 g/mol. The number of hydrogen-bond donors (Lipinski definition) is 8. The maximum atomic E-state index is 10.1. The van der Waals surface area contributed by atoms with Gasteiger partial charge in [-0.15, -0.1) is 0 Å². The average Bonchev–Trinajstić information content (AvgIpc) is 2.44. The number of aliphatic carboxylic acids is 3. The van der Waals surface area contributed by atoms with Gasteiger partial charge >= 0.3 is 23.9 Å². The standard InChI is InChI=1S/C6H14N2O2.C5H9NO4.CH4N2O/c7-4-2-1-3-5(8)6(9)10;6-3(5(9)10)1-2-4(7)8;2-1(3)4/h5H,1-4,7-8H2,(H,9,10);3H,1-2,6H2,(H,7,8)(H,9,10);(H4,2,3,4). The van der Waals surface area contributed by atoms with Gasteiger partial charge in [0.25, 0.3) is 0 Å². The quantitative estimate of drug-likeness (QED) is 0.207. The smallest absolute Gasteiger partial charge is 0.320 e. The Kier molecular flexibility index (Phi) is 18.7. The van der Waals surface area contributed by atoms with Crippen LogP contribution in [-0.4, -0.2) is 57.9 Å². The number of unbranched alkanes of at least 4 members (excludes halogenated alkanes) is 1. The van der Waals surface area contributed by atoms with E-state index >= 15 is 0 Å². The van der Waals surface area contributed by atoms with Crippen molar-refractivity contribution < 1.29 is 34.5 Å². The SMILES string of the molecule is NC(CCC(=O)O)C(=O)O.NC(N)=O.NCCCCC(N)C(=O)O. The number of amides is 2. The first-order valence-electron chi connectivity index (χ1n) is 6.89. The summed E-state index contributed by atoms with van der Waals surface area (Å²) >= 11 is 0. The Morgan fingerprint density at radius 2 is 1.17 bits per heavy atom. The number of rotatable bonds is 9. The molecule has 0 spiro atoms. The minimum Gasteiger partial charge on any atom is -0.481 e. The van der Waals surface area contributed by atoms with Crippen LogP contribution in [0.15, 0.2) is 0 Å². The zero-order valence-corrected chi connectivity index (χ0v) is 13.3. The summed E-state index contributed by atoms with van der Waals surface area (Å²) in [4.78, 5) is 39.0. The fourth-order valence-corrected chi connectivity index (χ4v) is 1.03. The van der Waals surface area contributed by atoms with Gasteiger partial charge in [0.2, 0.25) is 0 Å². The van der Waals surface area contributed by atoms with Gasteiger partial charge in [0.15, 0.2) is 0 Å². The van der Waals surface area contributed by atoms with E-state index in [0.717, 1.165) is 12.8 Å². The molecule has 0 fully saturated rings. The predicted molar refractivity (Wildman–Crippen MR) is 84.8 cm³/mol. The largest absolute Gasteiger partial charge is 0.481 e. The molecular weight excluding hydrogens is 326 g/mol. The molecule has 0 aliphatic heterocycles. The number of primary amides is 2. The normalized spacial score (nSPS) is 11.6. The fraction of sp³-hybridized carbons (Fsp3) is 0.667. The first-order chi connectivity index (χ1) is 10.9. The molecule has 0 aliphatic rings. The lowest BCUT2D eigenvalue weighted by atomic mass is 10.1. The maximum absolute atomic E-state index is 10.1. The van der Waals surface area contributed by atoms with Crippen molar-refractivity contribution >= 4 is 23.9 Å². The third-order valence-corrected chi connectivity index (χ3v) is 2.27. The second-order valence-electron chi connectivity index (χ2n) is 4.51. The van der Waals surface area contributed by atoms with Crippen molar-refractivity contribution in [3.63, 3.8) is 0 Å². The van der Waals surface area contributed by atoms with Crippen LogP contribution < -0.4 is 28.7 Å². The van der Waals surface area contributed by atoms with Gasteiger partial charge in [-0.05, 0) is 25.8 Å². The van der Waals surface area contributed by atoms with E-state index in [0.29, 0.717) is 13.0 Å². The van der Waals surface area contributed by atoms with Crippen LogP contribution in [0.1, 0.15) is 32.1 Å². The highest BCUT2D eigenvalue weighted by molar-refractivity contribution is 5.74. The molecule has 0 aliphatic carbocycles. The second-order valence-corrected chi connectivity index (χ2v) is 4.51. The molecule has 0 saturated carbocycles. The number of nitrogens with two attached hydrogens (primary N) is 5. The molecule has 12 heteroatoms. The molecule has 24 heavy (non-hydrogen) atoms. The molecule has 0 aromatic rings. The first-order valence-corrected chi connectivity index (χ1v) is 6.89. The molecule has 2 atom stereocenters. The van der Waals surface area contributed by atoms with E-state index in [1.165, 1.54) is 0 Å². The molecule has 142 valence electrons. The first kappa shape index (κ1) is 26.5. The number of carbonyl (C=O) groups is 4. The van der Waals surface area contributed by atoms with Gasteiger partial charge in [0.05, 0.1) is 0 Å². The summed E-state index contributed by atoms with van der Waals surface area (Å²) in [5.41, 5.74) is 23.9. The third kappa shape index (κ3) is 27.8. The molecule has 0 aromatic carbocycles. The Balaban J connectivity index is -0.000000301. The topological polar surface area (TPSA) is 259 Å². The highest BCUT2D eigenvalue weighted by Gasteiger charge is 2.12. The molecule has 13 N–H and O–H groups in total. The van der Waals surface area contributed by atoms with E-state index in [1.807, 2.05) is 0 Å². The summed E-state index contributed by atoms with van der Waals surface area (Å²) in [5, 5.41) is 24.6. The lowest BCUT2D eigenvalue weighted by Crippen LogP contribution is -2.30. The Morgan fingerprint density at radius 3 is 1.46 bits per heavy atom. The number of carboxylic acid groups (broad SMARTS) is 3. The van der Waals surface area contributed by atoms with Crippen molar-refractivity contribution in [3.8, 4) is 0 Å². The van der Waals surface area contributed by atoms with Crippen molar-refractivity contribution in [2.45, 2.75) is 44.2 Å². The van der Waals surface area contributed by atoms with Crippen LogP contribution in [0.3, 0.4) is 0 Å². The molecule has 12 nitrogen and oxygen atoms in total. The van der Waals surface area contributed by atoms with Gasteiger partial charge in [-0.25, -0.2) is 4.79 Å². The number of urea groups is 1. The second kappa shape index (κ2) is 16.9. The lowest BCUT2D eigenvalue weighted by molar-refractivity contribution is -0.140. The predicted octanol–water partition coefficient (Wildman–Crippen LogP) is -2.19. The summed E-state index contributed by atoms with van der Waals surface area (Å²) in [7, 11) is 0. The van der Waals surface area contributed by atoms with Gasteiger partial charge in [-0.1, -0.05) is 6.42 Å². The van der Waals surface area contributed by atoms with E-state index in [9.17, 15) is 14.4 Å². The zero-order valence-electron chi connectivity index (χ0n) is 13.3. The summed E-state index contributed by atoms with van der Waals surface area (Å²) in [6.07, 6.45) is 1.94.